The molecule has 0 saturated carbocycles. The van der Waals surface area contributed by atoms with Gasteiger partial charge in [-0.3, -0.25) is 0 Å². The summed E-state index contributed by atoms with van der Waals surface area (Å²) in [6, 6.07) is 9.75. The fraction of sp³-hybridized carbons (Fsp3) is 0.0625. The number of pyridine rings is 1. The van der Waals surface area contributed by atoms with Gasteiger partial charge in [0.25, 0.3) is 0 Å². The third-order valence-corrected chi connectivity index (χ3v) is 3.59. The van der Waals surface area contributed by atoms with E-state index in [1.165, 1.54) is 11.8 Å². The molecule has 0 aliphatic rings. The van der Waals surface area contributed by atoms with Crippen molar-refractivity contribution in [1.29, 1.82) is 0 Å². The number of furan rings is 1. The van der Waals surface area contributed by atoms with E-state index in [1.54, 1.807) is 18.5 Å². The molecule has 104 valence electrons. The van der Waals surface area contributed by atoms with Crippen LogP contribution < -0.4 is 4.57 Å². The standard InChI is InChI=1S/C16H14N3OS/c1-19-11-7-13(8-12-19)3-4-14-5-6-15(20-14)21-16-17-9-2-10-18-16/h2-12H,1H3/q+1/b4-3+. The lowest BCUT2D eigenvalue weighted by Gasteiger charge is -1.94. The minimum atomic E-state index is 0.679. The van der Waals surface area contributed by atoms with Gasteiger partial charge in [-0.2, -0.15) is 0 Å². The third-order valence-electron chi connectivity index (χ3n) is 2.78. The monoisotopic (exact) mass is 296 g/mol. The lowest BCUT2D eigenvalue weighted by atomic mass is 10.2. The number of aromatic nitrogens is 3. The normalized spacial score (nSPS) is 11.1. The summed E-state index contributed by atoms with van der Waals surface area (Å²) in [6.45, 7) is 0. The highest BCUT2D eigenvalue weighted by molar-refractivity contribution is 7.99. The highest BCUT2D eigenvalue weighted by atomic mass is 32.2. The molecule has 0 spiro atoms. The second-order valence-corrected chi connectivity index (χ2v) is 5.39. The number of nitrogens with zero attached hydrogens (tertiary/aromatic N) is 3. The van der Waals surface area contributed by atoms with Gasteiger partial charge in [0.05, 0.1) is 0 Å². The zero-order valence-electron chi connectivity index (χ0n) is 11.5. The van der Waals surface area contributed by atoms with Crippen LogP contribution in [0.1, 0.15) is 11.3 Å². The summed E-state index contributed by atoms with van der Waals surface area (Å²) < 4.78 is 7.72. The van der Waals surface area contributed by atoms with Crippen LogP contribution in [-0.4, -0.2) is 9.97 Å². The molecule has 0 radical (unpaired) electrons. The van der Waals surface area contributed by atoms with Gasteiger partial charge >= 0.3 is 0 Å². The van der Waals surface area contributed by atoms with Crippen molar-refractivity contribution in [2.45, 2.75) is 10.2 Å². The van der Waals surface area contributed by atoms with Crippen LogP contribution in [0.5, 0.6) is 0 Å². The lowest BCUT2D eigenvalue weighted by molar-refractivity contribution is -0.671. The zero-order chi connectivity index (χ0) is 14.5. The summed E-state index contributed by atoms with van der Waals surface area (Å²) in [5, 5.41) is 1.46. The van der Waals surface area contributed by atoms with E-state index in [1.807, 2.05) is 60.4 Å². The average molecular weight is 296 g/mol. The molecule has 0 atom stereocenters. The molecule has 0 aromatic carbocycles. The number of aryl methyl sites for hydroxylation is 1. The Kier molecular flexibility index (Phi) is 4.12. The molecule has 4 nitrogen and oxygen atoms in total. The Bertz CT molecular complexity index is 736. The predicted molar refractivity (Wildman–Crippen MR) is 81.4 cm³/mol. The topological polar surface area (TPSA) is 42.8 Å². The summed E-state index contributed by atoms with van der Waals surface area (Å²) >= 11 is 1.41. The molecule has 3 heterocycles. The van der Waals surface area contributed by atoms with Crippen LogP contribution in [0.4, 0.5) is 0 Å². The molecule has 0 amide bonds. The largest absolute Gasteiger partial charge is 0.450 e. The second kappa shape index (κ2) is 6.37. The molecule has 3 rings (SSSR count). The van der Waals surface area contributed by atoms with E-state index < -0.39 is 0 Å². The molecule has 21 heavy (non-hydrogen) atoms. The van der Waals surface area contributed by atoms with Gasteiger partial charge in [-0.05, 0) is 41.6 Å². The van der Waals surface area contributed by atoms with Gasteiger partial charge in [0.1, 0.15) is 12.8 Å². The SMILES string of the molecule is C[n+]1ccc(/C=C/c2ccc(Sc3ncccn3)o2)cc1. The Morgan fingerprint density at radius 1 is 1.05 bits per heavy atom. The first kappa shape index (κ1) is 13.6. The van der Waals surface area contributed by atoms with Crippen molar-refractivity contribution < 1.29 is 8.98 Å². The van der Waals surface area contributed by atoms with Crippen LogP contribution in [0.15, 0.2) is 69.8 Å². The van der Waals surface area contributed by atoms with E-state index in [-0.39, 0.29) is 0 Å². The van der Waals surface area contributed by atoms with Crippen LogP contribution in [0.25, 0.3) is 12.2 Å². The summed E-state index contributed by atoms with van der Waals surface area (Å²) in [7, 11) is 2.00. The number of hydrogen-bond acceptors (Lipinski definition) is 4. The molecule has 0 N–H and O–H groups in total. The Labute approximate surface area is 127 Å². The van der Waals surface area contributed by atoms with E-state index in [0.29, 0.717) is 5.16 Å². The molecule has 0 unspecified atom stereocenters. The Morgan fingerprint density at radius 2 is 1.81 bits per heavy atom. The van der Waals surface area contributed by atoms with Crippen LogP contribution in [0.2, 0.25) is 0 Å². The quantitative estimate of drug-likeness (QED) is 0.547. The molecule has 3 aromatic rings. The number of hydrogen-bond donors (Lipinski definition) is 0. The van der Waals surface area contributed by atoms with Crippen molar-refractivity contribution in [3.05, 3.63) is 66.4 Å². The molecule has 0 bridgehead atoms. The summed E-state index contributed by atoms with van der Waals surface area (Å²) in [6.07, 6.45) is 11.4. The van der Waals surface area contributed by atoms with Crippen LogP contribution in [0.3, 0.4) is 0 Å². The summed E-state index contributed by atoms with van der Waals surface area (Å²) in [5.74, 6) is 0.807. The van der Waals surface area contributed by atoms with E-state index in [0.717, 1.165) is 16.4 Å². The lowest BCUT2D eigenvalue weighted by Crippen LogP contribution is -2.25. The van der Waals surface area contributed by atoms with Crippen molar-refractivity contribution in [2.75, 3.05) is 0 Å². The fourth-order valence-corrected chi connectivity index (χ4v) is 2.39. The minimum Gasteiger partial charge on any atom is -0.450 e. The highest BCUT2D eigenvalue weighted by Crippen LogP contribution is 2.26. The van der Waals surface area contributed by atoms with Gasteiger partial charge in [-0.1, -0.05) is 6.08 Å². The Balaban J connectivity index is 1.69. The molecule has 0 aliphatic heterocycles. The maximum atomic E-state index is 5.72. The maximum Gasteiger partial charge on any atom is 0.195 e. The van der Waals surface area contributed by atoms with Crippen molar-refractivity contribution in [3.63, 3.8) is 0 Å². The van der Waals surface area contributed by atoms with Crippen molar-refractivity contribution in [2.24, 2.45) is 7.05 Å². The van der Waals surface area contributed by atoms with E-state index in [2.05, 4.69) is 9.97 Å². The molecule has 5 heteroatoms. The minimum absolute atomic E-state index is 0.679. The predicted octanol–water partition coefficient (Wildman–Crippen LogP) is 3.22. The molecule has 0 saturated heterocycles. The second-order valence-electron chi connectivity index (χ2n) is 4.42. The fourth-order valence-electron chi connectivity index (χ4n) is 1.71. The first-order valence-electron chi connectivity index (χ1n) is 6.48. The Hall–Kier alpha value is -2.40. The van der Waals surface area contributed by atoms with Gasteiger partial charge in [-0.15, -0.1) is 0 Å². The van der Waals surface area contributed by atoms with Crippen molar-refractivity contribution >= 4 is 23.9 Å². The smallest absolute Gasteiger partial charge is 0.195 e. The van der Waals surface area contributed by atoms with Gasteiger partial charge < -0.3 is 4.42 Å². The molecular formula is C16H14N3OS+. The molecular weight excluding hydrogens is 282 g/mol. The molecule has 0 aliphatic carbocycles. The highest BCUT2D eigenvalue weighted by Gasteiger charge is 2.04. The van der Waals surface area contributed by atoms with Crippen molar-refractivity contribution in [1.82, 2.24) is 9.97 Å². The van der Waals surface area contributed by atoms with Gasteiger partial charge in [0, 0.05) is 24.5 Å². The van der Waals surface area contributed by atoms with E-state index >= 15 is 0 Å². The van der Waals surface area contributed by atoms with Gasteiger partial charge in [0.2, 0.25) is 0 Å². The first-order chi connectivity index (χ1) is 10.3. The van der Waals surface area contributed by atoms with Gasteiger partial charge in [-0.25, -0.2) is 14.5 Å². The summed E-state index contributed by atoms with van der Waals surface area (Å²) in [4.78, 5) is 8.31. The van der Waals surface area contributed by atoms with E-state index in [9.17, 15) is 0 Å². The summed E-state index contributed by atoms with van der Waals surface area (Å²) in [5.41, 5.74) is 1.13. The van der Waals surface area contributed by atoms with Crippen LogP contribution in [-0.2, 0) is 7.05 Å². The third kappa shape index (κ3) is 3.79. The maximum absolute atomic E-state index is 5.72. The molecule has 3 aromatic heterocycles. The molecule has 0 fully saturated rings. The first-order valence-corrected chi connectivity index (χ1v) is 7.29. The van der Waals surface area contributed by atoms with E-state index in [4.69, 9.17) is 4.42 Å². The number of rotatable bonds is 4. The zero-order valence-corrected chi connectivity index (χ0v) is 12.3. The van der Waals surface area contributed by atoms with Crippen LogP contribution in [0, 0.1) is 0 Å². The average Bonchev–Trinajstić information content (AvgIpc) is 2.95. The van der Waals surface area contributed by atoms with Crippen LogP contribution >= 0.6 is 11.8 Å². The van der Waals surface area contributed by atoms with Crippen molar-refractivity contribution in [3.8, 4) is 0 Å². The van der Waals surface area contributed by atoms with Gasteiger partial charge in [0.15, 0.2) is 22.6 Å². The Morgan fingerprint density at radius 3 is 2.57 bits per heavy atom.